The van der Waals surface area contributed by atoms with Crippen molar-refractivity contribution in [2.45, 2.75) is 5.92 Å². The van der Waals surface area contributed by atoms with Gasteiger partial charge in [0.15, 0.2) is 5.13 Å². The van der Waals surface area contributed by atoms with Gasteiger partial charge in [-0.2, -0.15) is 8.78 Å². The number of benzene rings is 1. The maximum Gasteiger partial charge on any atom is 0.367 e. The predicted octanol–water partition coefficient (Wildman–Crippen LogP) is 2.41. The molecule has 29 heavy (non-hydrogen) atoms. The van der Waals surface area contributed by atoms with E-state index in [2.05, 4.69) is 15.6 Å². The number of nitrogens with one attached hydrogen (secondary N) is 2. The van der Waals surface area contributed by atoms with Gasteiger partial charge < -0.3 is 20.9 Å². The van der Waals surface area contributed by atoms with E-state index in [9.17, 15) is 23.2 Å². The molecule has 0 fully saturated rings. The fraction of sp³-hybridized carbons (Fsp3) is 0.111. The van der Waals surface area contributed by atoms with Crippen molar-refractivity contribution in [1.82, 2.24) is 9.55 Å². The lowest BCUT2D eigenvalue weighted by atomic mass is 10.2. The molecule has 0 saturated carbocycles. The lowest BCUT2D eigenvalue weighted by molar-refractivity contribution is -0.141. The van der Waals surface area contributed by atoms with Crippen LogP contribution in [0.15, 0.2) is 52.8 Å². The van der Waals surface area contributed by atoms with Crippen LogP contribution in [0.4, 0.5) is 25.3 Å². The highest BCUT2D eigenvalue weighted by molar-refractivity contribution is 7.13. The standard InChI is InChI=1S/C18H15F2N5O3S/c1-25-7-3-6-12(15(25)27)14(26)22-10-4-2-5-11(8-10)23-16(28)18(19,20)13-9-29-17(21)24-13/h2-9H,1H3,(H2,21,24)(H,22,26)(H,23,28). The summed E-state index contributed by atoms with van der Waals surface area (Å²) in [7, 11) is 1.51. The minimum Gasteiger partial charge on any atom is -0.375 e. The predicted molar refractivity (Wildman–Crippen MR) is 105 cm³/mol. The van der Waals surface area contributed by atoms with Gasteiger partial charge in [-0.1, -0.05) is 6.07 Å². The fourth-order valence-electron chi connectivity index (χ4n) is 2.40. The minimum absolute atomic E-state index is 0.0247. The van der Waals surface area contributed by atoms with Gasteiger partial charge in [0, 0.05) is 30.0 Å². The molecule has 0 spiro atoms. The maximum absolute atomic E-state index is 14.2. The Morgan fingerprint density at radius 2 is 1.86 bits per heavy atom. The monoisotopic (exact) mass is 419 g/mol. The molecule has 2 heterocycles. The zero-order valence-corrected chi connectivity index (χ0v) is 15.8. The molecule has 3 aromatic rings. The molecule has 0 aliphatic rings. The van der Waals surface area contributed by atoms with Crippen LogP contribution in [0, 0.1) is 0 Å². The van der Waals surface area contributed by atoms with Crippen molar-refractivity contribution in [3.05, 3.63) is 69.6 Å². The van der Waals surface area contributed by atoms with Crippen molar-refractivity contribution >= 4 is 39.7 Å². The van der Waals surface area contributed by atoms with E-state index in [1.807, 2.05) is 0 Å². The number of alkyl halides is 2. The van der Waals surface area contributed by atoms with Gasteiger partial charge >= 0.3 is 11.8 Å². The SMILES string of the molecule is Cn1cccc(C(=O)Nc2cccc(NC(=O)C(F)(F)c3csc(N)n3)c2)c1=O. The van der Waals surface area contributed by atoms with E-state index < -0.39 is 29.0 Å². The van der Waals surface area contributed by atoms with E-state index in [1.165, 1.54) is 48.1 Å². The van der Waals surface area contributed by atoms with Crippen LogP contribution in [-0.2, 0) is 17.8 Å². The summed E-state index contributed by atoms with van der Waals surface area (Å²) in [6.45, 7) is 0. The van der Waals surface area contributed by atoms with E-state index in [4.69, 9.17) is 5.73 Å². The summed E-state index contributed by atoms with van der Waals surface area (Å²) < 4.78 is 29.7. The molecule has 8 nitrogen and oxygen atoms in total. The number of amides is 2. The summed E-state index contributed by atoms with van der Waals surface area (Å²) in [5, 5.41) is 5.50. The van der Waals surface area contributed by atoms with Crippen LogP contribution in [-0.4, -0.2) is 21.4 Å². The highest BCUT2D eigenvalue weighted by atomic mass is 32.1. The molecule has 2 aromatic heterocycles. The Morgan fingerprint density at radius 3 is 2.52 bits per heavy atom. The Hall–Kier alpha value is -3.60. The lowest BCUT2D eigenvalue weighted by Gasteiger charge is -2.14. The van der Waals surface area contributed by atoms with Crippen LogP contribution < -0.4 is 21.9 Å². The Bertz CT molecular complexity index is 1140. The molecule has 3 rings (SSSR count). The first-order chi connectivity index (χ1) is 13.7. The average molecular weight is 419 g/mol. The van der Waals surface area contributed by atoms with Gasteiger partial charge in [-0.05, 0) is 30.3 Å². The molecule has 0 saturated heterocycles. The number of hydrogen-bond donors (Lipinski definition) is 3. The first kappa shape index (κ1) is 20.1. The summed E-state index contributed by atoms with van der Waals surface area (Å²) >= 11 is 0.796. The fourth-order valence-corrected chi connectivity index (χ4v) is 2.99. The number of aromatic nitrogens is 2. The Balaban J connectivity index is 1.76. The van der Waals surface area contributed by atoms with Crippen LogP contribution >= 0.6 is 11.3 Å². The summed E-state index contributed by atoms with van der Waals surface area (Å²) in [6, 6.07) is 8.51. The second-order valence-corrected chi connectivity index (χ2v) is 6.86. The number of rotatable bonds is 5. The third-order valence-corrected chi connectivity index (χ3v) is 4.55. The van der Waals surface area contributed by atoms with Gasteiger partial charge in [0.25, 0.3) is 11.5 Å². The number of aryl methyl sites for hydroxylation is 1. The van der Waals surface area contributed by atoms with Crippen LogP contribution in [0.5, 0.6) is 0 Å². The summed E-state index contributed by atoms with van der Waals surface area (Å²) in [6.07, 6.45) is 1.51. The van der Waals surface area contributed by atoms with Crippen LogP contribution in [0.2, 0.25) is 0 Å². The number of thiazole rings is 1. The number of carbonyl (C=O) groups is 2. The van der Waals surface area contributed by atoms with Crippen LogP contribution in [0.1, 0.15) is 16.1 Å². The molecular weight excluding hydrogens is 404 g/mol. The molecule has 0 unspecified atom stereocenters. The van der Waals surface area contributed by atoms with E-state index in [0.717, 1.165) is 16.7 Å². The van der Waals surface area contributed by atoms with Gasteiger partial charge in [0.05, 0.1) is 0 Å². The lowest BCUT2D eigenvalue weighted by Crippen LogP contribution is -2.32. The quantitative estimate of drug-likeness (QED) is 0.587. The van der Waals surface area contributed by atoms with E-state index in [1.54, 1.807) is 6.07 Å². The first-order valence-electron chi connectivity index (χ1n) is 8.16. The second kappa shape index (κ2) is 7.80. The molecule has 0 aliphatic carbocycles. The number of hydrogen-bond acceptors (Lipinski definition) is 6. The zero-order valence-electron chi connectivity index (χ0n) is 15.0. The molecule has 11 heteroatoms. The topological polar surface area (TPSA) is 119 Å². The maximum atomic E-state index is 14.2. The van der Waals surface area contributed by atoms with E-state index >= 15 is 0 Å². The van der Waals surface area contributed by atoms with Crippen LogP contribution in [0.25, 0.3) is 0 Å². The van der Waals surface area contributed by atoms with E-state index in [0.29, 0.717) is 0 Å². The van der Waals surface area contributed by atoms with Gasteiger partial charge in [-0.15, -0.1) is 11.3 Å². The first-order valence-corrected chi connectivity index (χ1v) is 9.04. The molecule has 1 aromatic carbocycles. The molecular formula is C18H15F2N5O3S. The number of pyridine rings is 1. The molecule has 0 bridgehead atoms. The van der Waals surface area contributed by atoms with Gasteiger partial charge in [0.2, 0.25) is 0 Å². The summed E-state index contributed by atoms with van der Waals surface area (Å²) in [4.78, 5) is 39.8. The molecule has 4 N–H and O–H groups in total. The Kier molecular flexibility index (Phi) is 5.41. The summed E-state index contributed by atoms with van der Waals surface area (Å²) in [5.41, 5.74) is 4.25. The van der Waals surface area contributed by atoms with Crippen LogP contribution in [0.3, 0.4) is 0 Å². The van der Waals surface area contributed by atoms with Crippen molar-refractivity contribution in [3.63, 3.8) is 0 Å². The van der Waals surface area contributed by atoms with E-state index in [-0.39, 0.29) is 22.1 Å². The Labute approximate surface area is 167 Å². The van der Waals surface area contributed by atoms with Gasteiger partial charge in [0.1, 0.15) is 11.3 Å². The van der Waals surface area contributed by atoms with Crippen molar-refractivity contribution in [1.29, 1.82) is 0 Å². The second-order valence-electron chi connectivity index (χ2n) is 5.97. The number of halogens is 2. The Morgan fingerprint density at radius 1 is 1.17 bits per heavy atom. The average Bonchev–Trinajstić information content (AvgIpc) is 3.11. The van der Waals surface area contributed by atoms with Gasteiger partial charge in [-0.25, -0.2) is 4.98 Å². The smallest absolute Gasteiger partial charge is 0.367 e. The molecule has 2 amide bonds. The molecule has 150 valence electrons. The normalized spacial score (nSPS) is 11.1. The third kappa shape index (κ3) is 4.29. The largest absolute Gasteiger partial charge is 0.375 e. The summed E-state index contributed by atoms with van der Waals surface area (Å²) in [5.74, 6) is -6.15. The third-order valence-electron chi connectivity index (χ3n) is 3.88. The minimum atomic E-state index is -3.89. The number of nitrogens with zero attached hydrogens (tertiary/aromatic N) is 2. The number of nitrogen functional groups attached to an aromatic ring is 1. The van der Waals surface area contributed by atoms with Crippen molar-refractivity contribution in [2.75, 3.05) is 16.4 Å². The van der Waals surface area contributed by atoms with Crippen molar-refractivity contribution in [3.8, 4) is 0 Å². The van der Waals surface area contributed by atoms with Gasteiger partial charge in [-0.3, -0.25) is 14.4 Å². The molecule has 0 radical (unpaired) electrons. The number of carbonyl (C=O) groups excluding carboxylic acids is 2. The molecule has 0 aliphatic heterocycles. The number of anilines is 3. The number of nitrogens with two attached hydrogens (primary N) is 1. The highest BCUT2D eigenvalue weighted by Crippen LogP contribution is 2.31. The van der Waals surface area contributed by atoms with Crippen molar-refractivity contribution < 1.29 is 18.4 Å². The highest BCUT2D eigenvalue weighted by Gasteiger charge is 2.43. The molecule has 0 atom stereocenters. The van der Waals surface area contributed by atoms with Crippen molar-refractivity contribution in [2.24, 2.45) is 7.05 Å². The zero-order chi connectivity index (χ0) is 21.2.